The molecular weight excluding hydrogens is 212 g/mol. The minimum Gasteiger partial charge on any atom is -0.506 e. The van der Waals surface area contributed by atoms with Gasteiger partial charge in [0.25, 0.3) is 0 Å². The number of allylic oxidation sites excluding steroid dienone is 2. The molecule has 1 rings (SSSR count). The van der Waals surface area contributed by atoms with Crippen molar-refractivity contribution < 1.29 is 19.4 Å². The molecule has 1 heterocycles. The molecule has 0 radical (unpaired) electrons. The standard InChI is InChI=1S/C11H12O5/c1-4-5(2)9-7(10(13)14)8(12)6(3)11(15)16-9/h4,12H,1-3H3,(H,13,14)/b5-4+. The zero-order valence-electron chi connectivity index (χ0n) is 9.20. The van der Waals surface area contributed by atoms with Gasteiger partial charge in [-0.3, -0.25) is 0 Å². The summed E-state index contributed by atoms with van der Waals surface area (Å²) >= 11 is 0. The second kappa shape index (κ2) is 4.22. The first-order chi connectivity index (χ1) is 7.40. The summed E-state index contributed by atoms with van der Waals surface area (Å²) in [6, 6.07) is 0. The van der Waals surface area contributed by atoms with E-state index in [4.69, 9.17) is 9.52 Å². The van der Waals surface area contributed by atoms with Crippen molar-refractivity contribution in [3.63, 3.8) is 0 Å². The molecule has 16 heavy (non-hydrogen) atoms. The van der Waals surface area contributed by atoms with Crippen LogP contribution < -0.4 is 5.63 Å². The third kappa shape index (κ3) is 1.84. The van der Waals surface area contributed by atoms with Crippen molar-refractivity contribution in [3.05, 3.63) is 33.4 Å². The molecule has 0 unspecified atom stereocenters. The Kier molecular flexibility index (Phi) is 3.17. The van der Waals surface area contributed by atoms with E-state index in [0.29, 0.717) is 5.57 Å². The molecule has 0 fully saturated rings. The Bertz CT molecular complexity index is 522. The first-order valence-corrected chi connectivity index (χ1v) is 4.63. The molecule has 1 aromatic rings. The normalized spacial score (nSPS) is 11.6. The molecule has 86 valence electrons. The van der Waals surface area contributed by atoms with Gasteiger partial charge in [-0.15, -0.1) is 0 Å². The van der Waals surface area contributed by atoms with Gasteiger partial charge in [-0.2, -0.15) is 0 Å². The zero-order chi connectivity index (χ0) is 12.5. The van der Waals surface area contributed by atoms with Crippen LogP contribution >= 0.6 is 0 Å². The number of rotatable bonds is 2. The summed E-state index contributed by atoms with van der Waals surface area (Å²) in [6.45, 7) is 4.58. The van der Waals surface area contributed by atoms with Crippen molar-refractivity contribution in [2.75, 3.05) is 0 Å². The molecule has 0 spiro atoms. The fraction of sp³-hybridized carbons (Fsp3) is 0.273. The molecule has 2 N–H and O–H groups in total. The van der Waals surface area contributed by atoms with Crippen LogP contribution in [0.4, 0.5) is 0 Å². The largest absolute Gasteiger partial charge is 0.506 e. The minimum atomic E-state index is -1.33. The highest BCUT2D eigenvalue weighted by atomic mass is 16.4. The highest BCUT2D eigenvalue weighted by Crippen LogP contribution is 2.27. The SMILES string of the molecule is C/C=C(\C)c1oc(=O)c(C)c(O)c1C(=O)O. The lowest BCUT2D eigenvalue weighted by Crippen LogP contribution is -2.12. The summed E-state index contributed by atoms with van der Waals surface area (Å²) in [5, 5.41) is 18.6. The van der Waals surface area contributed by atoms with Crippen LogP contribution in [0.5, 0.6) is 5.75 Å². The van der Waals surface area contributed by atoms with E-state index in [2.05, 4.69) is 0 Å². The number of carboxylic acids is 1. The smallest absolute Gasteiger partial charge is 0.343 e. The van der Waals surface area contributed by atoms with Crippen molar-refractivity contribution in [2.24, 2.45) is 0 Å². The van der Waals surface area contributed by atoms with Gasteiger partial charge >= 0.3 is 11.6 Å². The summed E-state index contributed by atoms with van der Waals surface area (Å²) < 4.78 is 4.87. The van der Waals surface area contributed by atoms with Crippen molar-refractivity contribution in [1.29, 1.82) is 0 Å². The topological polar surface area (TPSA) is 87.7 Å². The molecule has 0 aliphatic heterocycles. The highest BCUT2D eigenvalue weighted by molar-refractivity contribution is 5.95. The van der Waals surface area contributed by atoms with Gasteiger partial charge in [0.2, 0.25) is 0 Å². The predicted octanol–water partition coefficient (Wildman–Crippen LogP) is 1.78. The molecule has 5 heteroatoms. The van der Waals surface area contributed by atoms with Crippen LogP contribution in [0.2, 0.25) is 0 Å². The monoisotopic (exact) mass is 224 g/mol. The first-order valence-electron chi connectivity index (χ1n) is 4.63. The molecule has 0 aliphatic rings. The molecular formula is C11H12O5. The van der Waals surface area contributed by atoms with Crippen LogP contribution in [0.15, 0.2) is 15.3 Å². The van der Waals surface area contributed by atoms with Gasteiger partial charge in [-0.1, -0.05) is 6.08 Å². The Hall–Kier alpha value is -2.04. The zero-order valence-corrected chi connectivity index (χ0v) is 9.20. The second-order valence-electron chi connectivity index (χ2n) is 3.34. The summed E-state index contributed by atoms with van der Waals surface area (Å²) in [5.41, 5.74) is -0.749. The third-order valence-electron chi connectivity index (χ3n) is 2.33. The van der Waals surface area contributed by atoms with Gasteiger partial charge in [-0.05, 0) is 26.3 Å². The lowest BCUT2D eigenvalue weighted by Gasteiger charge is -2.07. The van der Waals surface area contributed by atoms with E-state index < -0.39 is 17.3 Å². The van der Waals surface area contributed by atoms with Crippen LogP contribution in [-0.2, 0) is 0 Å². The summed E-state index contributed by atoms with van der Waals surface area (Å²) in [5.74, 6) is -1.98. The molecule has 0 saturated carbocycles. The van der Waals surface area contributed by atoms with Crippen molar-refractivity contribution in [3.8, 4) is 5.75 Å². The molecule has 0 atom stereocenters. The average molecular weight is 224 g/mol. The Morgan fingerprint density at radius 2 is 2.00 bits per heavy atom. The van der Waals surface area contributed by atoms with Crippen LogP contribution in [0.3, 0.4) is 0 Å². The molecule has 0 bridgehead atoms. The van der Waals surface area contributed by atoms with Crippen LogP contribution in [0.1, 0.15) is 35.5 Å². The van der Waals surface area contributed by atoms with Crippen molar-refractivity contribution >= 4 is 11.5 Å². The summed E-state index contributed by atoms with van der Waals surface area (Å²) in [4.78, 5) is 22.3. The Labute approximate surface area is 91.6 Å². The Balaban J connectivity index is 3.74. The maximum absolute atomic E-state index is 11.3. The van der Waals surface area contributed by atoms with E-state index >= 15 is 0 Å². The fourth-order valence-corrected chi connectivity index (χ4v) is 1.22. The molecule has 0 aliphatic carbocycles. The quantitative estimate of drug-likeness (QED) is 0.799. The maximum Gasteiger partial charge on any atom is 0.343 e. The molecule has 0 aromatic carbocycles. The minimum absolute atomic E-state index is 0.106. The van der Waals surface area contributed by atoms with E-state index in [1.807, 2.05) is 0 Å². The Morgan fingerprint density at radius 1 is 1.44 bits per heavy atom. The number of carbonyl (C=O) groups is 1. The molecule has 0 saturated heterocycles. The molecule has 0 amide bonds. The highest BCUT2D eigenvalue weighted by Gasteiger charge is 2.22. The predicted molar refractivity (Wildman–Crippen MR) is 57.7 cm³/mol. The number of aromatic carboxylic acids is 1. The van der Waals surface area contributed by atoms with E-state index in [0.717, 1.165) is 0 Å². The van der Waals surface area contributed by atoms with E-state index in [1.165, 1.54) is 6.92 Å². The van der Waals surface area contributed by atoms with Crippen LogP contribution in [-0.4, -0.2) is 16.2 Å². The van der Waals surface area contributed by atoms with Crippen LogP contribution in [0.25, 0.3) is 5.57 Å². The number of hydrogen-bond donors (Lipinski definition) is 2. The van der Waals surface area contributed by atoms with Gasteiger partial charge in [0.1, 0.15) is 11.3 Å². The van der Waals surface area contributed by atoms with Crippen molar-refractivity contribution in [2.45, 2.75) is 20.8 Å². The van der Waals surface area contributed by atoms with E-state index in [9.17, 15) is 14.7 Å². The second-order valence-corrected chi connectivity index (χ2v) is 3.34. The molecule has 1 aromatic heterocycles. The average Bonchev–Trinajstić information content (AvgIpc) is 2.23. The Morgan fingerprint density at radius 3 is 2.44 bits per heavy atom. The van der Waals surface area contributed by atoms with Crippen LogP contribution in [0, 0.1) is 6.92 Å². The van der Waals surface area contributed by atoms with Crippen molar-refractivity contribution in [1.82, 2.24) is 0 Å². The van der Waals surface area contributed by atoms with Gasteiger partial charge in [-0.25, -0.2) is 9.59 Å². The number of hydrogen-bond acceptors (Lipinski definition) is 4. The van der Waals surface area contributed by atoms with Gasteiger partial charge in [0.05, 0.1) is 5.56 Å². The van der Waals surface area contributed by atoms with Gasteiger partial charge < -0.3 is 14.6 Å². The number of aromatic hydroxyl groups is 1. The fourth-order valence-electron chi connectivity index (χ4n) is 1.22. The lowest BCUT2D eigenvalue weighted by molar-refractivity contribution is 0.0689. The van der Waals surface area contributed by atoms with E-state index in [-0.39, 0.29) is 16.9 Å². The maximum atomic E-state index is 11.3. The third-order valence-corrected chi connectivity index (χ3v) is 2.33. The number of carboxylic acid groups (broad SMARTS) is 1. The first kappa shape index (κ1) is 12.0. The summed E-state index contributed by atoms with van der Waals surface area (Å²) in [6.07, 6.45) is 1.60. The van der Waals surface area contributed by atoms with Gasteiger partial charge in [0.15, 0.2) is 5.76 Å². The van der Waals surface area contributed by atoms with Gasteiger partial charge in [0, 0.05) is 0 Å². The lowest BCUT2D eigenvalue weighted by atomic mass is 10.1. The van der Waals surface area contributed by atoms with E-state index in [1.54, 1.807) is 19.9 Å². The summed E-state index contributed by atoms with van der Waals surface area (Å²) in [7, 11) is 0. The molecule has 5 nitrogen and oxygen atoms in total.